The number of fused-ring (bicyclic) bond motifs is 1. The first kappa shape index (κ1) is 18.9. The van der Waals surface area contributed by atoms with Gasteiger partial charge in [0, 0.05) is 37.5 Å². The zero-order valence-corrected chi connectivity index (χ0v) is 16.5. The SMILES string of the molecule is CC(=O)N1CCCc2cc(NC(=O)CCc3cnn(-c4ccccc4)c3)ccc21. The smallest absolute Gasteiger partial charge is 0.224 e. The van der Waals surface area contributed by atoms with E-state index in [-0.39, 0.29) is 11.8 Å². The van der Waals surface area contributed by atoms with Crippen molar-refractivity contribution < 1.29 is 9.59 Å². The second-order valence-corrected chi connectivity index (χ2v) is 7.29. The van der Waals surface area contributed by atoms with Crippen LogP contribution in [-0.4, -0.2) is 28.1 Å². The second-order valence-electron chi connectivity index (χ2n) is 7.29. The van der Waals surface area contributed by atoms with Crippen molar-refractivity contribution in [3.63, 3.8) is 0 Å². The summed E-state index contributed by atoms with van der Waals surface area (Å²) in [4.78, 5) is 26.0. The molecule has 2 aromatic carbocycles. The van der Waals surface area contributed by atoms with Crippen molar-refractivity contribution >= 4 is 23.2 Å². The molecule has 29 heavy (non-hydrogen) atoms. The third-order valence-corrected chi connectivity index (χ3v) is 5.16. The van der Waals surface area contributed by atoms with Crippen LogP contribution in [-0.2, 0) is 22.4 Å². The van der Waals surface area contributed by atoms with E-state index in [9.17, 15) is 9.59 Å². The summed E-state index contributed by atoms with van der Waals surface area (Å²) in [5.41, 5.74) is 4.85. The highest BCUT2D eigenvalue weighted by molar-refractivity contribution is 5.94. The molecular weight excluding hydrogens is 364 g/mol. The molecule has 1 aromatic heterocycles. The van der Waals surface area contributed by atoms with Gasteiger partial charge in [-0.1, -0.05) is 18.2 Å². The zero-order chi connectivity index (χ0) is 20.2. The largest absolute Gasteiger partial charge is 0.326 e. The quantitative estimate of drug-likeness (QED) is 0.724. The van der Waals surface area contributed by atoms with Gasteiger partial charge in [-0.25, -0.2) is 4.68 Å². The van der Waals surface area contributed by atoms with Crippen LogP contribution in [0.1, 0.15) is 30.9 Å². The van der Waals surface area contributed by atoms with Crippen molar-refractivity contribution in [2.24, 2.45) is 0 Å². The number of aromatic nitrogens is 2. The minimum atomic E-state index is -0.0309. The van der Waals surface area contributed by atoms with Gasteiger partial charge < -0.3 is 10.2 Å². The van der Waals surface area contributed by atoms with E-state index in [0.717, 1.165) is 47.6 Å². The van der Waals surface area contributed by atoms with Crippen LogP contribution in [0.4, 0.5) is 11.4 Å². The van der Waals surface area contributed by atoms with Gasteiger partial charge in [0.2, 0.25) is 11.8 Å². The molecule has 148 valence electrons. The van der Waals surface area contributed by atoms with Gasteiger partial charge in [0.05, 0.1) is 11.9 Å². The van der Waals surface area contributed by atoms with Gasteiger partial charge in [0.15, 0.2) is 0 Å². The highest BCUT2D eigenvalue weighted by Crippen LogP contribution is 2.29. The molecule has 6 heteroatoms. The summed E-state index contributed by atoms with van der Waals surface area (Å²) in [5, 5.41) is 7.35. The lowest BCUT2D eigenvalue weighted by molar-refractivity contribution is -0.117. The molecule has 6 nitrogen and oxygen atoms in total. The fraction of sp³-hybridized carbons (Fsp3) is 0.261. The van der Waals surface area contributed by atoms with Crippen LogP contribution in [0.25, 0.3) is 5.69 Å². The predicted octanol–water partition coefficient (Wildman–Crippen LogP) is 3.74. The molecule has 0 fully saturated rings. The average molecular weight is 388 g/mol. The third-order valence-electron chi connectivity index (χ3n) is 5.16. The number of nitrogens with one attached hydrogen (secondary N) is 1. The number of carbonyl (C=O) groups is 2. The van der Waals surface area contributed by atoms with E-state index in [4.69, 9.17) is 0 Å². The van der Waals surface area contributed by atoms with Crippen molar-refractivity contribution in [1.82, 2.24) is 9.78 Å². The molecule has 0 unspecified atom stereocenters. The van der Waals surface area contributed by atoms with Gasteiger partial charge in [-0.2, -0.15) is 5.10 Å². The summed E-state index contributed by atoms with van der Waals surface area (Å²) in [6.07, 6.45) is 6.63. The maximum atomic E-state index is 12.4. The van der Waals surface area contributed by atoms with Crippen LogP contribution >= 0.6 is 0 Å². The normalized spacial score (nSPS) is 13.1. The highest BCUT2D eigenvalue weighted by atomic mass is 16.2. The van der Waals surface area contributed by atoms with Gasteiger partial charge in [-0.3, -0.25) is 9.59 Å². The maximum absolute atomic E-state index is 12.4. The van der Waals surface area contributed by atoms with Gasteiger partial charge in [0.1, 0.15) is 0 Å². The zero-order valence-electron chi connectivity index (χ0n) is 16.5. The highest BCUT2D eigenvalue weighted by Gasteiger charge is 2.20. The molecule has 1 aliphatic rings. The second kappa shape index (κ2) is 8.31. The number of hydrogen-bond donors (Lipinski definition) is 1. The standard InChI is InChI=1S/C23H24N4O2/c1-17(28)26-13-5-6-19-14-20(10-11-22(19)26)25-23(29)12-9-18-15-24-27(16-18)21-7-3-2-4-8-21/h2-4,7-8,10-11,14-16H,5-6,9,12-13H2,1H3,(H,25,29). The Kier molecular flexibility index (Phi) is 5.42. The number of para-hydroxylation sites is 1. The minimum Gasteiger partial charge on any atom is -0.326 e. The van der Waals surface area contributed by atoms with Crippen LogP contribution in [0, 0.1) is 0 Å². The predicted molar refractivity (Wildman–Crippen MR) is 113 cm³/mol. The molecular formula is C23H24N4O2. The van der Waals surface area contributed by atoms with Crippen molar-refractivity contribution in [3.05, 3.63) is 72.1 Å². The third kappa shape index (κ3) is 4.37. The van der Waals surface area contributed by atoms with E-state index in [0.29, 0.717) is 12.8 Å². The van der Waals surface area contributed by atoms with Crippen LogP contribution in [0.3, 0.4) is 0 Å². The summed E-state index contributed by atoms with van der Waals surface area (Å²) in [6.45, 7) is 2.34. The lowest BCUT2D eigenvalue weighted by atomic mass is 10.0. The first-order valence-corrected chi connectivity index (χ1v) is 9.90. The Bertz CT molecular complexity index is 1030. The molecule has 1 N–H and O–H groups in total. The van der Waals surface area contributed by atoms with Gasteiger partial charge >= 0.3 is 0 Å². The lowest BCUT2D eigenvalue weighted by Gasteiger charge is -2.29. The van der Waals surface area contributed by atoms with E-state index in [1.54, 1.807) is 18.0 Å². The molecule has 2 heterocycles. The first-order valence-electron chi connectivity index (χ1n) is 9.90. The Morgan fingerprint density at radius 2 is 1.97 bits per heavy atom. The van der Waals surface area contributed by atoms with E-state index in [2.05, 4.69) is 10.4 Å². The fourth-order valence-corrected chi connectivity index (χ4v) is 3.69. The Morgan fingerprint density at radius 3 is 2.76 bits per heavy atom. The van der Waals surface area contributed by atoms with Crippen LogP contribution < -0.4 is 10.2 Å². The summed E-state index contributed by atoms with van der Waals surface area (Å²) >= 11 is 0. The van der Waals surface area contributed by atoms with Crippen LogP contribution in [0.2, 0.25) is 0 Å². The molecule has 0 atom stereocenters. The average Bonchev–Trinajstić information content (AvgIpc) is 3.21. The van der Waals surface area contributed by atoms with E-state index < -0.39 is 0 Å². The molecule has 0 spiro atoms. The molecule has 0 saturated heterocycles. The molecule has 0 saturated carbocycles. The number of benzene rings is 2. The minimum absolute atomic E-state index is 0.0309. The van der Waals surface area contributed by atoms with Gasteiger partial charge in [-0.05, 0) is 60.7 Å². The summed E-state index contributed by atoms with van der Waals surface area (Å²) in [5.74, 6) is 0.0235. The lowest BCUT2D eigenvalue weighted by Crippen LogP contribution is -2.33. The molecule has 1 aliphatic heterocycles. The fourth-order valence-electron chi connectivity index (χ4n) is 3.69. The number of rotatable bonds is 5. The Labute approximate surface area is 170 Å². The first-order chi connectivity index (χ1) is 14.1. The van der Waals surface area contributed by atoms with E-state index in [1.165, 1.54) is 0 Å². The van der Waals surface area contributed by atoms with Crippen LogP contribution in [0.5, 0.6) is 0 Å². The van der Waals surface area contributed by atoms with Crippen LogP contribution in [0.15, 0.2) is 60.9 Å². The molecule has 4 rings (SSSR count). The number of carbonyl (C=O) groups excluding carboxylic acids is 2. The monoisotopic (exact) mass is 388 g/mol. The summed E-state index contributed by atoms with van der Waals surface area (Å²) in [6, 6.07) is 15.7. The van der Waals surface area contributed by atoms with Crippen molar-refractivity contribution in [2.75, 3.05) is 16.8 Å². The number of anilines is 2. The summed E-state index contributed by atoms with van der Waals surface area (Å²) in [7, 11) is 0. The Balaban J connectivity index is 1.36. The molecule has 3 aromatic rings. The van der Waals surface area contributed by atoms with Gasteiger partial charge in [-0.15, -0.1) is 0 Å². The number of aryl methyl sites for hydroxylation is 2. The number of amides is 2. The number of nitrogens with zero attached hydrogens (tertiary/aromatic N) is 3. The van der Waals surface area contributed by atoms with E-state index >= 15 is 0 Å². The molecule has 2 amide bonds. The Morgan fingerprint density at radius 1 is 1.14 bits per heavy atom. The van der Waals surface area contributed by atoms with Crippen molar-refractivity contribution in [1.29, 1.82) is 0 Å². The summed E-state index contributed by atoms with van der Waals surface area (Å²) < 4.78 is 1.82. The molecule has 0 radical (unpaired) electrons. The topological polar surface area (TPSA) is 67.2 Å². The Hall–Kier alpha value is -3.41. The maximum Gasteiger partial charge on any atom is 0.224 e. The van der Waals surface area contributed by atoms with E-state index in [1.807, 2.05) is 59.4 Å². The van der Waals surface area contributed by atoms with Crippen molar-refractivity contribution in [3.8, 4) is 5.69 Å². The van der Waals surface area contributed by atoms with Gasteiger partial charge in [0.25, 0.3) is 0 Å². The number of hydrogen-bond acceptors (Lipinski definition) is 3. The van der Waals surface area contributed by atoms with Crippen molar-refractivity contribution in [2.45, 2.75) is 32.6 Å². The molecule has 0 aliphatic carbocycles. The molecule has 0 bridgehead atoms.